The van der Waals surface area contributed by atoms with Crippen LogP contribution in [-0.4, -0.2) is 44.7 Å². The van der Waals surface area contributed by atoms with E-state index in [1.54, 1.807) is 0 Å². The molecular weight excluding hydrogens is 129 g/mol. The summed E-state index contributed by atoms with van der Waals surface area (Å²) >= 11 is 0. The number of hydrogen-bond acceptors (Lipinski definition) is 4. The molecule has 7 heavy (non-hydrogen) atoms. The molecule has 0 fully saturated rings. The van der Waals surface area contributed by atoms with Gasteiger partial charge in [-0.05, 0) is 0 Å². The van der Waals surface area contributed by atoms with Gasteiger partial charge in [0.1, 0.15) is 6.73 Å². The van der Waals surface area contributed by atoms with E-state index in [0.29, 0.717) is 0 Å². The molecule has 0 aliphatic heterocycles. The van der Waals surface area contributed by atoms with E-state index >= 15 is 0 Å². The molecule has 0 radical (unpaired) electrons. The van der Waals surface area contributed by atoms with Gasteiger partial charge in [0.2, 0.25) is 0 Å². The van der Waals surface area contributed by atoms with E-state index < -0.39 is 11.0 Å². The summed E-state index contributed by atoms with van der Waals surface area (Å²) in [5, 5.41) is 0. The molecule has 0 aliphatic carbocycles. The van der Waals surface area contributed by atoms with Crippen LogP contribution in [0.1, 0.15) is 0 Å². The Balaban J connectivity index is 0. The van der Waals surface area contributed by atoms with Crippen molar-refractivity contribution in [3.63, 3.8) is 0 Å². The SMILES string of the molecule is NCO[SH](=O)=O.[NaH]. The molecule has 40 valence electrons. The molecule has 0 aromatic rings. The second-order valence-electron chi connectivity index (χ2n) is 0.519. The third-order valence-corrected chi connectivity index (χ3v) is 0.540. The van der Waals surface area contributed by atoms with Gasteiger partial charge in [0.05, 0.1) is 0 Å². The van der Waals surface area contributed by atoms with Crippen molar-refractivity contribution in [3.05, 3.63) is 0 Å². The van der Waals surface area contributed by atoms with Crippen molar-refractivity contribution in [3.8, 4) is 0 Å². The number of rotatable bonds is 2. The molecule has 6 heteroatoms. The molecule has 0 unspecified atom stereocenters. The monoisotopic (exact) mass is 135 g/mol. The average Bonchev–Trinajstić information content (AvgIpc) is 1.35. The molecule has 0 aromatic carbocycles. The third kappa shape index (κ3) is 10.9. The molecule has 0 rings (SSSR count). The maximum atomic E-state index is 9.33. The van der Waals surface area contributed by atoms with Gasteiger partial charge in [-0.1, -0.05) is 0 Å². The van der Waals surface area contributed by atoms with E-state index in [4.69, 9.17) is 0 Å². The zero-order valence-electron chi connectivity index (χ0n) is 2.96. The summed E-state index contributed by atoms with van der Waals surface area (Å²) in [5.74, 6) is 0. The first kappa shape index (κ1) is 10.8. The van der Waals surface area contributed by atoms with Crippen LogP contribution in [0.3, 0.4) is 0 Å². The Labute approximate surface area is 65.5 Å². The van der Waals surface area contributed by atoms with E-state index in [9.17, 15) is 8.42 Å². The van der Waals surface area contributed by atoms with Gasteiger partial charge in [0, 0.05) is 0 Å². The topological polar surface area (TPSA) is 69.4 Å². The van der Waals surface area contributed by atoms with Crippen molar-refractivity contribution >= 4 is 40.5 Å². The fourth-order valence-electron chi connectivity index (χ4n) is 0.0609. The van der Waals surface area contributed by atoms with Crippen LogP contribution in [0.2, 0.25) is 0 Å². The van der Waals surface area contributed by atoms with Gasteiger partial charge in [-0.25, -0.2) is 8.42 Å². The molecule has 0 bridgehead atoms. The fourth-order valence-corrected chi connectivity index (χ4v) is 0.183. The zero-order valence-corrected chi connectivity index (χ0v) is 3.85. The summed E-state index contributed by atoms with van der Waals surface area (Å²) in [6, 6.07) is 0. The first-order valence-electron chi connectivity index (χ1n) is 1.24. The third-order valence-electron chi connectivity index (χ3n) is 0.180. The minimum absolute atomic E-state index is 0. The molecule has 2 N–H and O–H groups in total. The van der Waals surface area contributed by atoms with Gasteiger partial charge in [-0.15, -0.1) is 0 Å². The van der Waals surface area contributed by atoms with Crippen LogP contribution in [-0.2, 0) is 15.2 Å². The Hall–Kier alpha value is 0.870. The van der Waals surface area contributed by atoms with E-state index in [1.165, 1.54) is 0 Å². The predicted octanol–water partition coefficient (Wildman–Crippen LogP) is -2.20. The molecule has 0 saturated carbocycles. The number of hydrogen-bond donors (Lipinski definition) is 2. The predicted molar refractivity (Wildman–Crippen MR) is 27.6 cm³/mol. The molecule has 0 saturated heterocycles. The molecule has 0 aromatic heterocycles. The summed E-state index contributed by atoms with van der Waals surface area (Å²) in [4.78, 5) is 0. The van der Waals surface area contributed by atoms with Crippen LogP contribution in [0.15, 0.2) is 0 Å². The van der Waals surface area contributed by atoms with E-state index in [1.807, 2.05) is 0 Å². The number of thiol groups is 1. The quantitative estimate of drug-likeness (QED) is 0.256. The second kappa shape index (κ2) is 6.87. The molecule has 0 heterocycles. The Morgan fingerprint density at radius 3 is 2.00 bits per heavy atom. The Morgan fingerprint density at radius 1 is 1.57 bits per heavy atom. The van der Waals surface area contributed by atoms with Gasteiger partial charge in [-0.2, -0.15) is 0 Å². The summed E-state index contributed by atoms with van der Waals surface area (Å²) in [6.45, 7) is -0.265. The average molecular weight is 135 g/mol. The van der Waals surface area contributed by atoms with Crippen molar-refractivity contribution in [2.45, 2.75) is 0 Å². The second-order valence-corrected chi connectivity index (χ2v) is 1.22. The van der Waals surface area contributed by atoms with Crippen molar-refractivity contribution < 1.29 is 12.6 Å². The summed E-state index contributed by atoms with van der Waals surface area (Å²) in [6.07, 6.45) is 0. The first-order chi connectivity index (χ1) is 2.77. The van der Waals surface area contributed by atoms with Crippen molar-refractivity contribution in [2.24, 2.45) is 5.73 Å². The summed E-state index contributed by atoms with van der Waals surface area (Å²) in [7, 11) is -2.73. The molecule has 0 spiro atoms. The Kier molecular flexibility index (Phi) is 10.6. The van der Waals surface area contributed by atoms with Crippen LogP contribution < -0.4 is 5.73 Å². The molecule has 0 amide bonds. The molecule has 0 aliphatic rings. The van der Waals surface area contributed by atoms with E-state index in [2.05, 4.69) is 9.92 Å². The Bertz CT molecular complexity index is 82.9. The van der Waals surface area contributed by atoms with Crippen LogP contribution >= 0.6 is 0 Å². The van der Waals surface area contributed by atoms with Crippen molar-refractivity contribution in [1.82, 2.24) is 0 Å². The normalized spacial score (nSPS) is 8.29. The first-order valence-corrected chi connectivity index (χ1v) is 2.34. The van der Waals surface area contributed by atoms with Crippen LogP contribution in [0, 0.1) is 0 Å². The molecule has 4 nitrogen and oxygen atoms in total. The van der Waals surface area contributed by atoms with Gasteiger partial charge < -0.3 is 5.73 Å². The van der Waals surface area contributed by atoms with E-state index in [-0.39, 0.29) is 36.3 Å². The van der Waals surface area contributed by atoms with Gasteiger partial charge in [-0.3, -0.25) is 4.18 Å². The van der Waals surface area contributed by atoms with E-state index in [0.717, 1.165) is 0 Å². The minimum atomic E-state index is -2.73. The number of nitrogens with two attached hydrogens (primary N) is 1. The summed E-state index contributed by atoms with van der Waals surface area (Å²) in [5.41, 5.74) is 4.62. The molecule has 0 atom stereocenters. The van der Waals surface area contributed by atoms with Crippen molar-refractivity contribution in [2.75, 3.05) is 6.73 Å². The fraction of sp³-hybridized carbons (Fsp3) is 1.00. The Morgan fingerprint density at radius 2 is 2.00 bits per heavy atom. The molecular formula is CH6NNaO3S. The van der Waals surface area contributed by atoms with Gasteiger partial charge in [0.15, 0.2) is 0 Å². The van der Waals surface area contributed by atoms with Crippen LogP contribution in [0.25, 0.3) is 0 Å². The maximum absolute atomic E-state index is 9.33. The van der Waals surface area contributed by atoms with Crippen molar-refractivity contribution in [1.29, 1.82) is 0 Å². The van der Waals surface area contributed by atoms with Crippen LogP contribution in [0.4, 0.5) is 0 Å². The van der Waals surface area contributed by atoms with Gasteiger partial charge >= 0.3 is 29.6 Å². The standard InChI is InChI=1S/CH5NO3S.Na.H/c2-1-5-6(3)4;;/h6H,1-2H2;;. The summed E-state index contributed by atoms with van der Waals surface area (Å²) < 4.78 is 22.4. The van der Waals surface area contributed by atoms with Crippen LogP contribution in [0.5, 0.6) is 0 Å². The zero-order chi connectivity index (χ0) is 4.99. The van der Waals surface area contributed by atoms with Gasteiger partial charge in [0.25, 0.3) is 11.0 Å².